The van der Waals surface area contributed by atoms with Crippen LogP contribution in [-0.4, -0.2) is 44.2 Å². The molecule has 0 aliphatic heterocycles. The third-order valence-corrected chi connectivity index (χ3v) is 3.06. The molecular formula is C16H23N3O2. The van der Waals surface area contributed by atoms with E-state index in [1.165, 1.54) is 0 Å². The topological polar surface area (TPSA) is 65.4 Å². The number of nitrogens with one attached hydrogen (secondary N) is 1. The third kappa shape index (κ3) is 5.84. The molecule has 1 aromatic carbocycles. The first-order valence-corrected chi connectivity index (χ1v) is 7.22. The minimum Gasteiger partial charge on any atom is -0.385 e. The number of ether oxygens (including phenoxy) is 1. The molecule has 21 heavy (non-hydrogen) atoms. The van der Waals surface area contributed by atoms with Crippen LogP contribution in [0.15, 0.2) is 24.3 Å². The Morgan fingerprint density at radius 1 is 1.33 bits per heavy atom. The molecule has 5 nitrogen and oxygen atoms in total. The van der Waals surface area contributed by atoms with Crippen LogP contribution in [0.5, 0.6) is 0 Å². The maximum absolute atomic E-state index is 12.4. The summed E-state index contributed by atoms with van der Waals surface area (Å²) >= 11 is 0. The van der Waals surface area contributed by atoms with Crippen LogP contribution in [0.3, 0.4) is 0 Å². The first-order chi connectivity index (χ1) is 10.2. The molecule has 0 saturated heterocycles. The summed E-state index contributed by atoms with van der Waals surface area (Å²) in [6.07, 6.45) is 1.38. The Morgan fingerprint density at radius 2 is 2.05 bits per heavy atom. The monoisotopic (exact) mass is 289 g/mol. The van der Waals surface area contributed by atoms with Crippen LogP contribution < -0.4 is 5.32 Å². The molecule has 0 aliphatic rings. The molecule has 114 valence electrons. The van der Waals surface area contributed by atoms with Crippen molar-refractivity contribution >= 4 is 11.6 Å². The maximum Gasteiger partial charge on any atom is 0.253 e. The molecule has 0 aromatic heterocycles. The second kappa shape index (κ2) is 9.78. The standard InChI is InChI=1S/C16H23N3O2/c1-3-10-18-15-7-5-14(6-8-15)16(20)19(11-4-9-17)12-13-21-2/h5-8,18H,3-4,10-13H2,1-2H3. The van der Waals surface area contributed by atoms with Gasteiger partial charge < -0.3 is 15.0 Å². The highest BCUT2D eigenvalue weighted by Gasteiger charge is 2.15. The molecule has 5 heteroatoms. The van der Waals surface area contributed by atoms with Crippen LogP contribution in [0.4, 0.5) is 5.69 Å². The van der Waals surface area contributed by atoms with Crippen molar-refractivity contribution in [1.29, 1.82) is 5.26 Å². The SMILES string of the molecule is CCCNc1ccc(C(=O)N(CCC#N)CCOC)cc1. The minimum absolute atomic E-state index is 0.0654. The van der Waals surface area contributed by atoms with E-state index in [0.717, 1.165) is 18.7 Å². The second-order valence-electron chi connectivity index (χ2n) is 4.70. The van der Waals surface area contributed by atoms with Gasteiger partial charge in [0.05, 0.1) is 19.1 Å². The van der Waals surface area contributed by atoms with Crippen molar-refractivity contribution in [3.8, 4) is 6.07 Å². The summed E-state index contributed by atoms with van der Waals surface area (Å²) in [7, 11) is 1.60. The van der Waals surface area contributed by atoms with Gasteiger partial charge >= 0.3 is 0 Å². The molecule has 0 saturated carbocycles. The van der Waals surface area contributed by atoms with Gasteiger partial charge in [0, 0.05) is 38.0 Å². The van der Waals surface area contributed by atoms with Gasteiger partial charge in [-0.2, -0.15) is 5.26 Å². The van der Waals surface area contributed by atoms with Gasteiger partial charge in [-0.3, -0.25) is 4.79 Å². The summed E-state index contributed by atoms with van der Waals surface area (Å²) in [6.45, 7) is 4.40. The van der Waals surface area contributed by atoms with E-state index < -0.39 is 0 Å². The van der Waals surface area contributed by atoms with Crippen molar-refractivity contribution < 1.29 is 9.53 Å². The lowest BCUT2D eigenvalue weighted by atomic mass is 10.1. The predicted molar refractivity (Wildman–Crippen MR) is 83.2 cm³/mol. The van der Waals surface area contributed by atoms with Crippen LogP contribution in [0.2, 0.25) is 0 Å². The van der Waals surface area contributed by atoms with Crippen molar-refractivity contribution in [2.45, 2.75) is 19.8 Å². The van der Waals surface area contributed by atoms with Gasteiger partial charge in [-0.15, -0.1) is 0 Å². The fraction of sp³-hybridized carbons (Fsp3) is 0.500. The van der Waals surface area contributed by atoms with Gasteiger partial charge in [0.1, 0.15) is 0 Å². The number of nitrogens with zero attached hydrogens (tertiary/aromatic N) is 2. The number of methoxy groups -OCH3 is 1. The van der Waals surface area contributed by atoms with Gasteiger partial charge in [0.25, 0.3) is 5.91 Å². The highest BCUT2D eigenvalue weighted by atomic mass is 16.5. The first-order valence-electron chi connectivity index (χ1n) is 7.22. The fourth-order valence-corrected chi connectivity index (χ4v) is 1.88. The Bertz CT molecular complexity index is 465. The molecule has 1 rings (SSSR count). The maximum atomic E-state index is 12.4. The van der Waals surface area contributed by atoms with E-state index in [9.17, 15) is 4.79 Å². The van der Waals surface area contributed by atoms with Gasteiger partial charge in [0.15, 0.2) is 0 Å². The lowest BCUT2D eigenvalue weighted by molar-refractivity contribution is 0.0700. The van der Waals surface area contributed by atoms with E-state index >= 15 is 0 Å². The number of anilines is 1. The summed E-state index contributed by atoms with van der Waals surface area (Å²) < 4.78 is 5.01. The number of carbonyl (C=O) groups excluding carboxylic acids is 1. The largest absolute Gasteiger partial charge is 0.385 e. The molecular weight excluding hydrogens is 266 g/mol. The van der Waals surface area contributed by atoms with Crippen LogP contribution in [0.25, 0.3) is 0 Å². The van der Waals surface area contributed by atoms with Gasteiger partial charge in [0.2, 0.25) is 0 Å². The molecule has 0 radical (unpaired) electrons. The Labute approximate surface area is 126 Å². The molecule has 1 amide bonds. The van der Waals surface area contributed by atoms with Crippen molar-refractivity contribution in [3.63, 3.8) is 0 Å². The fourth-order valence-electron chi connectivity index (χ4n) is 1.88. The Kier molecular flexibility index (Phi) is 7.92. The number of hydrogen-bond donors (Lipinski definition) is 1. The molecule has 1 N–H and O–H groups in total. The Balaban J connectivity index is 2.70. The average Bonchev–Trinajstić information content (AvgIpc) is 2.53. The van der Waals surface area contributed by atoms with Gasteiger partial charge in [-0.25, -0.2) is 0 Å². The lowest BCUT2D eigenvalue weighted by Gasteiger charge is -2.21. The van der Waals surface area contributed by atoms with Crippen LogP contribution in [-0.2, 0) is 4.74 Å². The number of carbonyl (C=O) groups is 1. The van der Waals surface area contributed by atoms with E-state index in [1.807, 2.05) is 24.3 Å². The summed E-state index contributed by atoms with van der Waals surface area (Å²) in [4.78, 5) is 14.1. The molecule has 0 fully saturated rings. The quantitative estimate of drug-likeness (QED) is 0.758. The average molecular weight is 289 g/mol. The van der Waals surface area contributed by atoms with E-state index in [4.69, 9.17) is 10.00 Å². The smallest absolute Gasteiger partial charge is 0.253 e. The first kappa shape index (κ1) is 17.0. The van der Waals surface area contributed by atoms with E-state index in [1.54, 1.807) is 12.0 Å². The lowest BCUT2D eigenvalue weighted by Crippen LogP contribution is -2.34. The van der Waals surface area contributed by atoms with Crippen molar-refractivity contribution in [3.05, 3.63) is 29.8 Å². The highest BCUT2D eigenvalue weighted by molar-refractivity contribution is 5.94. The molecule has 0 heterocycles. The normalized spacial score (nSPS) is 9.95. The predicted octanol–water partition coefficient (Wildman–Crippen LogP) is 2.51. The Hall–Kier alpha value is -2.06. The molecule has 0 unspecified atom stereocenters. The molecule has 0 atom stereocenters. The zero-order valence-corrected chi connectivity index (χ0v) is 12.8. The zero-order valence-electron chi connectivity index (χ0n) is 12.8. The highest BCUT2D eigenvalue weighted by Crippen LogP contribution is 2.12. The number of rotatable bonds is 9. The van der Waals surface area contributed by atoms with E-state index in [-0.39, 0.29) is 5.91 Å². The second-order valence-corrected chi connectivity index (χ2v) is 4.70. The van der Waals surface area contributed by atoms with Crippen LogP contribution in [0.1, 0.15) is 30.1 Å². The van der Waals surface area contributed by atoms with Crippen LogP contribution in [0, 0.1) is 11.3 Å². The summed E-state index contributed by atoms with van der Waals surface area (Å²) in [5, 5.41) is 12.0. The minimum atomic E-state index is -0.0654. The number of benzene rings is 1. The Morgan fingerprint density at radius 3 is 2.62 bits per heavy atom. The summed E-state index contributed by atoms with van der Waals surface area (Å²) in [5.74, 6) is -0.0654. The summed E-state index contributed by atoms with van der Waals surface area (Å²) in [6, 6.07) is 9.50. The molecule has 0 aliphatic carbocycles. The van der Waals surface area contributed by atoms with E-state index in [2.05, 4.69) is 18.3 Å². The van der Waals surface area contributed by atoms with E-state index in [0.29, 0.717) is 31.7 Å². The number of nitriles is 1. The number of amides is 1. The van der Waals surface area contributed by atoms with Gasteiger partial charge in [-0.05, 0) is 30.7 Å². The molecule has 0 bridgehead atoms. The molecule has 0 spiro atoms. The van der Waals surface area contributed by atoms with Crippen molar-refractivity contribution in [1.82, 2.24) is 4.90 Å². The van der Waals surface area contributed by atoms with Crippen molar-refractivity contribution in [2.24, 2.45) is 0 Å². The summed E-state index contributed by atoms with van der Waals surface area (Å²) in [5.41, 5.74) is 1.64. The molecule has 1 aromatic rings. The van der Waals surface area contributed by atoms with Gasteiger partial charge in [-0.1, -0.05) is 6.92 Å². The third-order valence-electron chi connectivity index (χ3n) is 3.06. The van der Waals surface area contributed by atoms with Crippen LogP contribution >= 0.6 is 0 Å². The zero-order chi connectivity index (χ0) is 15.5. The number of hydrogen-bond acceptors (Lipinski definition) is 4. The van der Waals surface area contributed by atoms with Crippen molar-refractivity contribution in [2.75, 3.05) is 38.7 Å².